The molecule has 6 heteroatoms. The second-order valence-corrected chi connectivity index (χ2v) is 6.46. The minimum Gasteiger partial charge on any atom is -0.494 e. The summed E-state index contributed by atoms with van der Waals surface area (Å²) in [6.07, 6.45) is 2.62. The van der Waals surface area contributed by atoms with Gasteiger partial charge >= 0.3 is 0 Å². The fraction of sp³-hybridized carbons (Fsp3) is 0.381. The number of carbonyl (C=O) groups excluding carboxylic acids is 1. The molecule has 0 aliphatic heterocycles. The van der Waals surface area contributed by atoms with E-state index in [0.29, 0.717) is 25.2 Å². The van der Waals surface area contributed by atoms with E-state index in [1.807, 2.05) is 42.5 Å². The lowest BCUT2D eigenvalue weighted by Gasteiger charge is -2.30. The van der Waals surface area contributed by atoms with E-state index in [-0.39, 0.29) is 12.5 Å². The molecule has 4 N–H and O–H groups in total. The number of benzene rings is 2. The quantitative estimate of drug-likeness (QED) is 0.416. The van der Waals surface area contributed by atoms with E-state index >= 15 is 0 Å². The Labute approximate surface area is 160 Å². The molecule has 0 aromatic heterocycles. The molecule has 1 atom stereocenters. The number of aliphatic hydroxyl groups excluding tert-OH is 1. The van der Waals surface area contributed by atoms with Gasteiger partial charge in [-0.05, 0) is 49.2 Å². The molecule has 0 bridgehead atoms. The number of para-hydroxylation sites is 1. The fourth-order valence-corrected chi connectivity index (χ4v) is 2.69. The van der Waals surface area contributed by atoms with Crippen molar-refractivity contribution in [3.05, 3.63) is 54.6 Å². The maximum Gasteiger partial charge on any atom is 0.221 e. The molecule has 2 aromatic carbocycles. The lowest BCUT2D eigenvalue weighted by atomic mass is 10.0. The summed E-state index contributed by atoms with van der Waals surface area (Å²) in [5, 5.41) is 12.0. The van der Waals surface area contributed by atoms with Crippen LogP contribution in [-0.2, 0) is 4.79 Å². The molecule has 0 saturated heterocycles. The number of ether oxygens (including phenoxy) is 2. The molecule has 1 unspecified atom stereocenters. The van der Waals surface area contributed by atoms with Gasteiger partial charge in [0.05, 0.1) is 6.61 Å². The van der Waals surface area contributed by atoms with Gasteiger partial charge in [-0.3, -0.25) is 10.5 Å². The largest absolute Gasteiger partial charge is 0.494 e. The van der Waals surface area contributed by atoms with Gasteiger partial charge in [-0.1, -0.05) is 18.2 Å². The highest BCUT2D eigenvalue weighted by molar-refractivity contribution is 5.88. The third-order valence-corrected chi connectivity index (χ3v) is 4.04. The van der Waals surface area contributed by atoms with Crippen LogP contribution in [0.4, 0.5) is 5.69 Å². The Hall–Kier alpha value is -2.57. The van der Waals surface area contributed by atoms with Crippen LogP contribution in [0, 0.1) is 0 Å². The summed E-state index contributed by atoms with van der Waals surface area (Å²) in [6.45, 7) is 2.00. The first-order chi connectivity index (χ1) is 13.0. The van der Waals surface area contributed by atoms with Crippen LogP contribution in [0.15, 0.2) is 54.6 Å². The fourth-order valence-electron chi connectivity index (χ4n) is 2.69. The number of aliphatic hydroxyl groups is 1. The molecule has 0 fully saturated rings. The van der Waals surface area contributed by atoms with E-state index in [1.165, 1.54) is 6.92 Å². The van der Waals surface area contributed by atoms with Crippen molar-refractivity contribution in [1.82, 2.24) is 0 Å². The zero-order valence-corrected chi connectivity index (χ0v) is 15.7. The molecule has 2 aromatic rings. The second-order valence-electron chi connectivity index (χ2n) is 6.46. The number of anilines is 1. The van der Waals surface area contributed by atoms with Gasteiger partial charge in [0.2, 0.25) is 5.91 Å². The van der Waals surface area contributed by atoms with Crippen LogP contribution in [0.2, 0.25) is 0 Å². The highest BCUT2D eigenvalue weighted by Gasteiger charge is 2.26. The molecule has 0 aliphatic carbocycles. The Morgan fingerprint density at radius 2 is 1.74 bits per heavy atom. The van der Waals surface area contributed by atoms with Gasteiger partial charge in [0.1, 0.15) is 11.5 Å². The summed E-state index contributed by atoms with van der Waals surface area (Å²) in [6, 6.07) is 16.6. The van der Waals surface area contributed by atoms with E-state index < -0.39 is 5.72 Å². The number of carbonyl (C=O) groups is 1. The standard InChI is InChI=1S/C21H28N2O4/c1-17(25)23-18-9-11-19(12-10-18)26-16-6-5-13-21(22,14-15-24)27-20-7-3-2-4-8-20/h2-4,7-12,24H,5-6,13-16,22H2,1H3,(H,23,25). The average Bonchev–Trinajstić information content (AvgIpc) is 2.63. The van der Waals surface area contributed by atoms with E-state index in [4.69, 9.17) is 15.2 Å². The number of nitrogens with one attached hydrogen (secondary N) is 1. The van der Waals surface area contributed by atoms with E-state index in [9.17, 15) is 9.90 Å². The number of amides is 1. The molecule has 0 saturated carbocycles. The van der Waals surface area contributed by atoms with Crippen molar-refractivity contribution in [3.8, 4) is 11.5 Å². The van der Waals surface area contributed by atoms with Crippen molar-refractivity contribution in [1.29, 1.82) is 0 Å². The summed E-state index contributed by atoms with van der Waals surface area (Å²) in [5.41, 5.74) is 6.18. The normalized spacial score (nSPS) is 12.9. The van der Waals surface area contributed by atoms with Crippen molar-refractivity contribution in [2.75, 3.05) is 18.5 Å². The lowest BCUT2D eigenvalue weighted by molar-refractivity contribution is -0.114. The topological polar surface area (TPSA) is 93.8 Å². The number of hydrogen-bond donors (Lipinski definition) is 3. The van der Waals surface area contributed by atoms with Crippen LogP contribution in [-0.4, -0.2) is 30.0 Å². The minimum absolute atomic E-state index is 0.0273. The molecule has 27 heavy (non-hydrogen) atoms. The smallest absolute Gasteiger partial charge is 0.221 e. The SMILES string of the molecule is CC(=O)Nc1ccc(OCCCCC(N)(CCO)Oc2ccccc2)cc1. The van der Waals surface area contributed by atoms with Crippen molar-refractivity contribution in [2.45, 2.75) is 38.3 Å². The first kappa shape index (κ1) is 20.7. The summed E-state index contributed by atoms with van der Waals surface area (Å²) in [7, 11) is 0. The Morgan fingerprint density at radius 1 is 1.04 bits per heavy atom. The third-order valence-electron chi connectivity index (χ3n) is 4.04. The first-order valence-electron chi connectivity index (χ1n) is 9.15. The molecule has 146 valence electrons. The summed E-state index contributed by atoms with van der Waals surface area (Å²) >= 11 is 0. The van der Waals surface area contributed by atoms with Gasteiger partial charge < -0.3 is 19.9 Å². The third kappa shape index (κ3) is 7.68. The zero-order chi connectivity index (χ0) is 19.5. The molecule has 2 rings (SSSR count). The Balaban J connectivity index is 1.74. The summed E-state index contributed by atoms with van der Waals surface area (Å²) in [4.78, 5) is 11.0. The molecule has 0 spiro atoms. The predicted octanol–water partition coefficient (Wildman–Crippen LogP) is 3.31. The minimum atomic E-state index is -0.893. The van der Waals surface area contributed by atoms with Crippen LogP contribution in [0.3, 0.4) is 0 Å². The molecule has 1 amide bonds. The van der Waals surface area contributed by atoms with Gasteiger partial charge in [0, 0.05) is 32.1 Å². The second kappa shape index (κ2) is 10.5. The van der Waals surface area contributed by atoms with E-state index in [1.54, 1.807) is 12.1 Å². The number of hydrogen-bond acceptors (Lipinski definition) is 5. The maximum atomic E-state index is 11.0. The van der Waals surface area contributed by atoms with Crippen molar-refractivity contribution < 1.29 is 19.4 Å². The molecule has 6 nitrogen and oxygen atoms in total. The number of rotatable bonds is 11. The van der Waals surface area contributed by atoms with Gasteiger partial charge in [-0.15, -0.1) is 0 Å². The Morgan fingerprint density at radius 3 is 2.37 bits per heavy atom. The van der Waals surface area contributed by atoms with Crippen LogP contribution >= 0.6 is 0 Å². The summed E-state index contributed by atoms with van der Waals surface area (Å²) < 4.78 is 11.6. The van der Waals surface area contributed by atoms with Gasteiger partial charge in [-0.25, -0.2) is 0 Å². The van der Waals surface area contributed by atoms with Crippen LogP contribution in [0.25, 0.3) is 0 Å². The maximum absolute atomic E-state index is 11.0. The average molecular weight is 372 g/mol. The first-order valence-corrected chi connectivity index (χ1v) is 9.15. The van der Waals surface area contributed by atoms with Crippen LogP contribution < -0.4 is 20.5 Å². The van der Waals surface area contributed by atoms with Gasteiger partial charge in [-0.2, -0.15) is 0 Å². The van der Waals surface area contributed by atoms with Crippen molar-refractivity contribution >= 4 is 11.6 Å². The predicted molar refractivity (Wildman–Crippen MR) is 106 cm³/mol. The molecule has 0 heterocycles. The highest BCUT2D eigenvalue weighted by Crippen LogP contribution is 2.22. The van der Waals surface area contributed by atoms with Gasteiger partial charge in [0.25, 0.3) is 0 Å². The number of unbranched alkanes of at least 4 members (excludes halogenated alkanes) is 1. The molecule has 0 radical (unpaired) electrons. The summed E-state index contributed by atoms with van der Waals surface area (Å²) in [5.74, 6) is 1.34. The van der Waals surface area contributed by atoms with Crippen LogP contribution in [0.5, 0.6) is 11.5 Å². The van der Waals surface area contributed by atoms with Crippen molar-refractivity contribution in [3.63, 3.8) is 0 Å². The van der Waals surface area contributed by atoms with Crippen molar-refractivity contribution in [2.24, 2.45) is 5.73 Å². The van der Waals surface area contributed by atoms with Crippen LogP contribution in [0.1, 0.15) is 32.6 Å². The van der Waals surface area contributed by atoms with E-state index in [2.05, 4.69) is 5.32 Å². The molecular formula is C21H28N2O4. The number of nitrogens with two attached hydrogens (primary N) is 1. The van der Waals surface area contributed by atoms with Gasteiger partial charge in [0.15, 0.2) is 5.72 Å². The molecular weight excluding hydrogens is 344 g/mol. The van der Waals surface area contributed by atoms with E-state index in [0.717, 1.165) is 24.3 Å². The Kier molecular flexibility index (Phi) is 8.10. The zero-order valence-electron chi connectivity index (χ0n) is 15.7. The lowest BCUT2D eigenvalue weighted by Crippen LogP contribution is -2.46. The Bertz CT molecular complexity index is 691. The highest BCUT2D eigenvalue weighted by atomic mass is 16.5. The monoisotopic (exact) mass is 372 g/mol. The molecule has 0 aliphatic rings.